The molecule has 1 N–H and O–H groups in total. The number of halogens is 5. The van der Waals surface area contributed by atoms with Crippen molar-refractivity contribution in [2.75, 3.05) is 25.0 Å². The van der Waals surface area contributed by atoms with Crippen molar-refractivity contribution in [3.8, 4) is 0 Å². The molecule has 2 rings (SSSR count). The molecule has 0 aromatic heterocycles. The lowest BCUT2D eigenvalue weighted by Crippen LogP contribution is -2.44. The van der Waals surface area contributed by atoms with Crippen molar-refractivity contribution in [1.82, 2.24) is 4.90 Å². The predicted molar refractivity (Wildman–Crippen MR) is 80.3 cm³/mol. The van der Waals surface area contributed by atoms with Crippen molar-refractivity contribution < 1.29 is 18.0 Å². The first kappa shape index (κ1) is 17.4. The summed E-state index contributed by atoms with van der Waals surface area (Å²) >= 11 is 11.7. The third kappa shape index (κ3) is 4.76. The Kier molecular flexibility index (Phi) is 5.58. The summed E-state index contributed by atoms with van der Waals surface area (Å²) < 4.78 is 38.2. The van der Waals surface area contributed by atoms with Crippen molar-refractivity contribution in [2.24, 2.45) is 5.92 Å². The van der Waals surface area contributed by atoms with E-state index >= 15 is 0 Å². The summed E-state index contributed by atoms with van der Waals surface area (Å²) in [6.45, 7) is 0.221. The van der Waals surface area contributed by atoms with Gasteiger partial charge in [0.25, 0.3) is 0 Å². The lowest BCUT2D eigenvalue weighted by Gasteiger charge is -2.33. The molecule has 122 valence electrons. The van der Waals surface area contributed by atoms with E-state index < -0.39 is 18.0 Å². The maximum Gasteiger partial charge on any atom is 0.393 e. The van der Waals surface area contributed by atoms with Crippen LogP contribution in [0.5, 0.6) is 0 Å². The zero-order valence-electron chi connectivity index (χ0n) is 11.6. The Bertz CT molecular complexity index is 551. The number of carbonyl (C=O) groups excluding carboxylic acids is 1. The highest BCUT2D eigenvalue weighted by Gasteiger charge is 2.41. The van der Waals surface area contributed by atoms with Crippen LogP contribution in [0.1, 0.15) is 12.8 Å². The van der Waals surface area contributed by atoms with Crippen LogP contribution in [0.25, 0.3) is 0 Å². The van der Waals surface area contributed by atoms with Gasteiger partial charge in [0, 0.05) is 11.6 Å². The number of hydrogen-bond donors (Lipinski definition) is 1. The normalized spacial score (nSPS) is 20.0. The minimum atomic E-state index is -4.22. The van der Waals surface area contributed by atoms with Crippen LogP contribution in [0.15, 0.2) is 18.2 Å². The van der Waals surface area contributed by atoms with Crippen LogP contribution >= 0.6 is 23.2 Å². The number of anilines is 1. The van der Waals surface area contributed by atoms with E-state index in [0.717, 1.165) is 0 Å². The highest BCUT2D eigenvalue weighted by molar-refractivity contribution is 6.35. The molecular weight excluding hydrogens is 340 g/mol. The van der Waals surface area contributed by atoms with Gasteiger partial charge in [0.2, 0.25) is 5.91 Å². The number of rotatable bonds is 3. The molecule has 0 bridgehead atoms. The van der Waals surface area contributed by atoms with Crippen molar-refractivity contribution in [3.63, 3.8) is 0 Å². The molecule has 8 heteroatoms. The largest absolute Gasteiger partial charge is 0.393 e. The zero-order chi connectivity index (χ0) is 16.3. The summed E-state index contributed by atoms with van der Waals surface area (Å²) in [5, 5.41) is 3.31. The maximum atomic E-state index is 12.7. The fraction of sp³-hybridized carbons (Fsp3) is 0.500. The second kappa shape index (κ2) is 7.06. The van der Waals surface area contributed by atoms with Gasteiger partial charge in [-0.1, -0.05) is 23.2 Å². The third-order valence-electron chi connectivity index (χ3n) is 3.54. The van der Waals surface area contributed by atoms with Gasteiger partial charge in [-0.25, -0.2) is 0 Å². The van der Waals surface area contributed by atoms with Crippen LogP contribution in [-0.4, -0.2) is 36.6 Å². The van der Waals surface area contributed by atoms with Gasteiger partial charge in [0.15, 0.2) is 0 Å². The number of likely N-dealkylation sites (tertiary alicyclic amines) is 1. The topological polar surface area (TPSA) is 32.3 Å². The summed E-state index contributed by atoms with van der Waals surface area (Å²) in [4.78, 5) is 13.5. The molecule has 0 saturated carbocycles. The summed E-state index contributed by atoms with van der Waals surface area (Å²) in [7, 11) is 0. The summed E-state index contributed by atoms with van der Waals surface area (Å²) in [6.07, 6.45) is -3.68. The number of benzene rings is 1. The molecule has 1 amide bonds. The smallest absolute Gasteiger partial charge is 0.324 e. The van der Waals surface area contributed by atoms with Crippen LogP contribution in [0.3, 0.4) is 0 Å². The van der Waals surface area contributed by atoms with Crippen molar-refractivity contribution in [3.05, 3.63) is 28.2 Å². The predicted octanol–water partition coefficient (Wildman–Crippen LogP) is 4.21. The van der Waals surface area contributed by atoms with Gasteiger partial charge in [0.1, 0.15) is 0 Å². The van der Waals surface area contributed by atoms with E-state index in [-0.39, 0.29) is 19.5 Å². The van der Waals surface area contributed by atoms with E-state index in [0.29, 0.717) is 28.7 Å². The van der Waals surface area contributed by atoms with Gasteiger partial charge in [-0.05, 0) is 37.6 Å². The lowest BCUT2D eigenvalue weighted by atomic mass is 9.97. The van der Waals surface area contributed by atoms with Crippen molar-refractivity contribution in [2.45, 2.75) is 19.0 Å². The Hall–Kier alpha value is -0.980. The molecule has 1 saturated heterocycles. The Morgan fingerprint density at radius 3 is 2.77 bits per heavy atom. The Labute approximate surface area is 136 Å². The number of nitrogens with one attached hydrogen (secondary N) is 1. The van der Waals surface area contributed by atoms with Gasteiger partial charge in [0.05, 0.1) is 23.2 Å². The van der Waals surface area contributed by atoms with E-state index in [1.807, 2.05) is 0 Å². The first-order valence-corrected chi connectivity index (χ1v) is 7.55. The number of amides is 1. The Balaban J connectivity index is 1.93. The van der Waals surface area contributed by atoms with Crippen LogP contribution in [0.2, 0.25) is 10.0 Å². The summed E-state index contributed by atoms with van der Waals surface area (Å²) in [6, 6.07) is 4.62. The Morgan fingerprint density at radius 1 is 1.36 bits per heavy atom. The number of alkyl halides is 3. The fourth-order valence-electron chi connectivity index (χ4n) is 2.45. The number of nitrogens with zero attached hydrogens (tertiary/aromatic N) is 1. The van der Waals surface area contributed by atoms with Crippen LogP contribution in [-0.2, 0) is 4.79 Å². The van der Waals surface area contributed by atoms with Crippen molar-refractivity contribution in [1.29, 1.82) is 0 Å². The molecule has 0 spiro atoms. The van der Waals surface area contributed by atoms with Crippen LogP contribution in [0.4, 0.5) is 18.9 Å². The highest BCUT2D eigenvalue weighted by atomic mass is 35.5. The fourth-order valence-corrected chi connectivity index (χ4v) is 2.79. The standard InChI is InChI=1S/C14H15Cl2F3N2O/c15-10-3-4-11(16)12(6-10)20-13(22)8-21-5-1-2-9(7-21)14(17,18)19/h3-4,6,9H,1-2,5,7-8H2,(H,20,22). The van der Waals surface area contributed by atoms with Gasteiger partial charge in [-0.3, -0.25) is 9.69 Å². The second-order valence-electron chi connectivity index (χ2n) is 5.29. The molecule has 0 radical (unpaired) electrons. The minimum absolute atomic E-state index is 0.102. The number of carbonyl (C=O) groups is 1. The zero-order valence-corrected chi connectivity index (χ0v) is 13.1. The molecule has 1 fully saturated rings. The molecule has 1 aliphatic rings. The molecule has 1 aliphatic heterocycles. The molecule has 1 unspecified atom stereocenters. The van der Waals surface area contributed by atoms with E-state index in [1.165, 1.54) is 11.0 Å². The second-order valence-corrected chi connectivity index (χ2v) is 6.13. The molecule has 3 nitrogen and oxygen atoms in total. The lowest BCUT2D eigenvalue weighted by molar-refractivity contribution is -0.186. The first-order valence-electron chi connectivity index (χ1n) is 6.79. The van der Waals surface area contributed by atoms with E-state index in [4.69, 9.17) is 23.2 Å². The molecule has 22 heavy (non-hydrogen) atoms. The monoisotopic (exact) mass is 354 g/mol. The van der Waals surface area contributed by atoms with Crippen LogP contribution in [0, 0.1) is 5.92 Å². The molecular formula is C14H15Cl2F3N2O. The van der Waals surface area contributed by atoms with Gasteiger partial charge in [-0.2, -0.15) is 13.2 Å². The van der Waals surface area contributed by atoms with Crippen LogP contribution < -0.4 is 5.32 Å². The SMILES string of the molecule is O=C(CN1CCCC(C(F)(F)F)C1)Nc1cc(Cl)ccc1Cl. The van der Waals surface area contributed by atoms with E-state index in [2.05, 4.69) is 5.32 Å². The highest BCUT2D eigenvalue weighted by Crippen LogP contribution is 2.33. The minimum Gasteiger partial charge on any atom is -0.324 e. The molecule has 1 aromatic rings. The average Bonchev–Trinajstić information content (AvgIpc) is 2.42. The number of hydrogen-bond acceptors (Lipinski definition) is 2. The molecule has 0 aliphatic carbocycles. The van der Waals surface area contributed by atoms with Gasteiger partial charge < -0.3 is 5.32 Å². The summed E-state index contributed by atoms with van der Waals surface area (Å²) in [5.74, 6) is -1.78. The third-order valence-corrected chi connectivity index (χ3v) is 4.10. The maximum absolute atomic E-state index is 12.7. The van der Waals surface area contributed by atoms with Gasteiger partial charge in [-0.15, -0.1) is 0 Å². The molecule has 1 heterocycles. The van der Waals surface area contributed by atoms with E-state index in [1.54, 1.807) is 12.1 Å². The Morgan fingerprint density at radius 2 is 2.09 bits per heavy atom. The van der Waals surface area contributed by atoms with E-state index in [9.17, 15) is 18.0 Å². The number of piperidine rings is 1. The average molecular weight is 355 g/mol. The molecule has 1 atom stereocenters. The molecule has 1 aromatic carbocycles. The van der Waals surface area contributed by atoms with Crippen molar-refractivity contribution >= 4 is 34.8 Å². The van der Waals surface area contributed by atoms with Gasteiger partial charge >= 0.3 is 6.18 Å². The summed E-state index contributed by atoms with van der Waals surface area (Å²) in [5.41, 5.74) is 0.351. The first-order chi connectivity index (χ1) is 10.3. The quantitative estimate of drug-likeness (QED) is 0.881.